The molecule has 1 unspecified atom stereocenters. The number of ether oxygens (including phenoxy) is 1. The Morgan fingerprint density at radius 3 is 2.31 bits per heavy atom. The number of carbonyl (C=O) groups excluding carboxylic acids is 1. The fourth-order valence-corrected chi connectivity index (χ4v) is 4.21. The van der Waals surface area contributed by atoms with Crippen LogP contribution >= 0.6 is 0 Å². The van der Waals surface area contributed by atoms with Crippen LogP contribution in [-0.4, -0.2) is 29.7 Å². The highest BCUT2D eigenvalue weighted by Crippen LogP contribution is 2.59. The Morgan fingerprint density at radius 1 is 1.15 bits per heavy atom. The minimum atomic E-state index is -4.31. The molecule has 1 aromatic carbocycles. The zero-order valence-electron chi connectivity index (χ0n) is 15.5. The quantitative estimate of drug-likeness (QED) is 0.645. The van der Waals surface area contributed by atoms with Crippen LogP contribution in [0.25, 0.3) is 0 Å². The van der Waals surface area contributed by atoms with E-state index in [1.807, 2.05) is 20.8 Å². The summed E-state index contributed by atoms with van der Waals surface area (Å²) in [6.07, 6.45) is -1.07. The molecule has 3 rings (SSSR count). The predicted molar refractivity (Wildman–Crippen MR) is 92.9 cm³/mol. The average Bonchev–Trinajstić information content (AvgIpc) is 2.52. The number of carbonyl (C=O) groups is 1. The minimum absolute atomic E-state index is 0.0166. The van der Waals surface area contributed by atoms with Crippen LogP contribution in [0.1, 0.15) is 63.5 Å². The molecular weight excluding hydrogens is 343 g/mol. The van der Waals surface area contributed by atoms with Crippen molar-refractivity contribution in [2.45, 2.75) is 64.1 Å². The van der Waals surface area contributed by atoms with Crippen LogP contribution < -0.4 is 0 Å². The normalized spacial score (nSPS) is 22.8. The molecule has 1 amide bonds. The second-order valence-corrected chi connectivity index (χ2v) is 8.54. The molecule has 0 aromatic heterocycles. The van der Waals surface area contributed by atoms with Crippen LogP contribution in [0.15, 0.2) is 24.3 Å². The largest absolute Gasteiger partial charge is 0.444 e. The molecule has 1 saturated carbocycles. The number of alkyl halides is 3. The number of benzene rings is 1. The van der Waals surface area contributed by atoms with E-state index < -0.39 is 17.3 Å². The van der Waals surface area contributed by atoms with E-state index in [1.165, 1.54) is 12.1 Å². The summed E-state index contributed by atoms with van der Waals surface area (Å²) in [7, 11) is 0. The summed E-state index contributed by atoms with van der Waals surface area (Å²) in [5.41, 5.74) is -0.313. The molecule has 2 aliphatic rings. The van der Waals surface area contributed by atoms with Crippen molar-refractivity contribution in [1.29, 1.82) is 0 Å². The summed E-state index contributed by atoms with van der Waals surface area (Å²) < 4.78 is 44.4. The lowest BCUT2D eigenvalue weighted by Crippen LogP contribution is -2.50. The topological polar surface area (TPSA) is 29.5 Å². The van der Waals surface area contributed by atoms with Crippen LogP contribution in [0, 0.1) is 5.41 Å². The van der Waals surface area contributed by atoms with Gasteiger partial charge in [-0.2, -0.15) is 13.2 Å². The van der Waals surface area contributed by atoms with Gasteiger partial charge in [0.1, 0.15) is 5.60 Å². The van der Waals surface area contributed by atoms with Gasteiger partial charge >= 0.3 is 12.3 Å². The zero-order chi connectivity index (χ0) is 19.2. The minimum Gasteiger partial charge on any atom is -0.444 e. The highest BCUT2D eigenvalue weighted by molar-refractivity contribution is 5.68. The zero-order valence-corrected chi connectivity index (χ0v) is 15.5. The fourth-order valence-electron chi connectivity index (χ4n) is 4.21. The van der Waals surface area contributed by atoms with Gasteiger partial charge in [0.2, 0.25) is 0 Å². The van der Waals surface area contributed by atoms with Crippen LogP contribution in [0.3, 0.4) is 0 Å². The maximum Gasteiger partial charge on any atom is 0.416 e. The molecule has 0 bridgehead atoms. The summed E-state index contributed by atoms with van der Waals surface area (Å²) in [4.78, 5) is 13.9. The maximum atomic E-state index is 13.0. The van der Waals surface area contributed by atoms with Gasteiger partial charge in [-0.05, 0) is 69.4 Å². The third-order valence-corrected chi connectivity index (χ3v) is 5.70. The number of hydrogen-bond acceptors (Lipinski definition) is 2. The summed E-state index contributed by atoms with van der Waals surface area (Å²) in [6.45, 7) is 6.72. The Balaban J connectivity index is 1.67. The molecule has 2 fully saturated rings. The second kappa shape index (κ2) is 6.46. The molecule has 1 aliphatic carbocycles. The molecule has 0 radical (unpaired) electrons. The van der Waals surface area contributed by atoms with E-state index in [1.54, 1.807) is 11.0 Å². The van der Waals surface area contributed by atoms with E-state index in [4.69, 9.17) is 4.74 Å². The lowest BCUT2D eigenvalue weighted by atomic mass is 9.53. The molecule has 6 heteroatoms. The highest BCUT2D eigenvalue weighted by atomic mass is 19.4. The lowest BCUT2D eigenvalue weighted by molar-refractivity contribution is -0.137. The Morgan fingerprint density at radius 2 is 1.81 bits per heavy atom. The van der Waals surface area contributed by atoms with E-state index in [9.17, 15) is 18.0 Å². The summed E-state index contributed by atoms with van der Waals surface area (Å²) in [5, 5.41) is 0. The number of amides is 1. The SMILES string of the molecule is CC(C)(C)OC(=O)N1CCC2(CCC2c2cccc(C(F)(F)F)c2)CC1. The standard InChI is InChI=1S/C20H26F3NO2/c1-18(2,3)26-17(25)24-11-9-19(10-12-24)8-7-16(19)14-5-4-6-15(13-14)20(21,22)23/h4-6,13,16H,7-12H2,1-3H3. The molecule has 1 spiro atoms. The average molecular weight is 369 g/mol. The number of rotatable bonds is 1. The Kier molecular flexibility index (Phi) is 4.74. The number of hydrogen-bond donors (Lipinski definition) is 0. The van der Waals surface area contributed by atoms with Gasteiger partial charge in [0, 0.05) is 13.1 Å². The van der Waals surface area contributed by atoms with Crippen LogP contribution in [0.5, 0.6) is 0 Å². The smallest absolute Gasteiger partial charge is 0.416 e. The van der Waals surface area contributed by atoms with Crippen molar-refractivity contribution in [2.24, 2.45) is 5.41 Å². The van der Waals surface area contributed by atoms with Gasteiger partial charge in [-0.15, -0.1) is 0 Å². The molecule has 1 heterocycles. The van der Waals surface area contributed by atoms with Crippen LogP contribution in [0.2, 0.25) is 0 Å². The molecule has 26 heavy (non-hydrogen) atoms. The molecule has 144 valence electrons. The maximum absolute atomic E-state index is 13.0. The first-order valence-corrected chi connectivity index (χ1v) is 9.15. The Hall–Kier alpha value is -1.72. The van der Waals surface area contributed by atoms with Crippen molar-refractivity contribution in [2.75, 3.05) is 13.1 Å². The first-order chi connectivity index (χ1) is 12.0. The second-order valence-electron chi connectivity index (χ2n) is 8.54. The van der Waals surface area contributed by atoms with Gasteiger partial charge in [-0.3, -0.25) is 0 Å². The summed E-state index contributed by atoms with van der Waals surface area (Å²) in [5.74, 6) is 0.144. The summed E-state index contributed by atoms with van der Waals surface area (Å²) in [6, 6.07) is 5.73. The number of nitrogens with zero attached hydrogens (tertiary/aromatic N) is 1. The third-order valence-electron chi connectivity index (χ3n) is 5.70. The van der Waals surface area contributed by atoms with Gasteiger partial charge < -0.3 is 9.64 Å². The van der Waals surface area contributed by atoms with Gasteiger partial charge in [0.25, 0.3) is 0 Å². The molecule has 0 N–H and O–H groups in total. The van der Waals surface area contributed by atoms with Crippen molar-refractivity contribution in [1.82, 2.24) is 4.90 Å². The van der Waals surface area contributed by atoms with Crippen molar-refractivity contribution >= 4 is 6.09 Å². The van der Waals surface area contributed by atoms with Gasteiger partial charge in [0.15, 0.2) is 0 Å². The van der Waals surface area contributed by atoms with E-state index in [0.29, 0.717) is 13.1 Å². The highest BCUT2D eigenvalue weighted by Gasteiger charge is 2.49. The number of likely N-dealkylation sites (tertiary alicyclic amines) is 1. The lowest BCUT2D eigenvalue weighted by Gasteiger charge is -2.54. The molecule has 1 aliphatic heterocycles. The van der Waals surface area contributed by atoms with Crippen molar-refractivity contribution in [3.63, 3.8) is 0 Å². The van der Waals surface area contributed by atoms with Crippen molar-refractivity contribution in [3.8, 4) is 0 Å². The van der Waals surface area contributed by atoms with Crippen LogP contribution in [0.4, 0.5) is 18.0 Å². The van der Waals surface area contributed by atoms with Gasteiger partial charge in [0.05, 0.1) is 5.56 Å². The number of piperidine rings is 1. The van der Waals surface area contributed by atoms with E-state index in [2.05, 4.69) is 0 Å². The summed E-state index contributed by atoms with van der Waals surface area (Å²) >= 11 is 0. The first-order valence-electron chi connectivity index (χ1n) is 9.15. The van der Waals surface area contributed by atoms with E-state index in [-0.39, 0.29) is 17.4 Å². The monoisotopic (exact) mass is 369 g/mol. The first kappa shape index (κ1) is 19.1. The number of halogens is 3. The van der Waals surface area contributed by atoms with Gasteiger partial charge in [-0.25, -0.2) is 4.79 Å². The van der Waals surface area contributed by atoms with Gasteiger partial charge in [-0.1, -0.05) is 18.2 Å². The molecule has 1 aromatic rings. The molecule has 1 saturated heterocycles. The van der Waals surface area contributed by atoms with Crippen molar-refractivity contribution in [3.05, 3.63) is 35.4 Å². The predicted octanol–water partition coefficient (Wildman–Crippen LogP) is 5.60. The van der Waals surface area contributed by atoms with Crippen LogP contribution in [-0.2, 0) is 10.9 Å². The molecule has 3 nitrogen and oxygen atoms in total. The Labute approximate surface area is 152 Å². The molecule has 1 atom stereocenters. The van der Waals surface area contributed by atoms with E-state index in [0.717, 1.165) is 37.3 Å². The van der Waals surface area contributed by atoms with E-state index >= 15 is 0 Å². The van der Waals surface area contributed by atoms with Crippen molar-refractivity contribution < 1.29 is 22.7 Å². The Bertz CT molecular complexity index is 670. The fraction of sp³-hybridized carbons (Fsp3) is 0.650. The molecular formula is C20H26F3NO2. The third kappa shape index (κ3) is 3.84.